The fraction of sp³-hybridized carbons (Fsp3) is 0.0476. The Hall–Kier alpha value is -8.20. The third kappa shape index (κ3) is 8.89. The van der Waals surface area contributed by atoms with E-state index in [1.54, 1.807) is 12.2 Å². The van der Waals surface area contributed by atoms with Crippen molar-refractivity contribution in [2.45, 2.75) is 19.3 Å². The summed E-state index contributed by atoms with van der Waals surface area (Å²) in [4.78, 5) is 2.40. The van der Waals surface area contributed by atoms with Crippen molar-refractivity contribution in [3.8, 4) is 39.1 Å². The Bertz CT molecular complexity index is 3130. The normalized spacial score (nSPS) is 11.6. The number of rotatable bonds is 7. The second kappa shape index (κ2) is 19.9. The Kier molecular flexibility index (Phi) is 13.3. The lowest BCUT2D eigenvalue weighted by molar-refractivity contribution is 0.660. The van der Waals surface area contributed by atoms with Gasteiger partial charge in [0.2, 0.25) is 0 Å². The second-order valence-corrected chi connectivity index (χ2v) is 16.2. The molecule has 0 N–H and O–H groups in total. The van der Waals surface area contributed by atoms with Gasteiger partial charge in [-0.25, -0.2) is 0 Å². The fourth-order valence-corrected chi connectivity index (χ4v) is 8.91. The van der Waals surface area contributed by atoms with Gasteiger partial charge in [0.25, 0.3) is 0 Å². The molecule has 0 radical (unpaired) electrons. The maximum Gasteiger partial charge on any atom is 0.0541 e. The highest BCUT2D eigenvalue weighted by atomic mass is 15.1. The maximum atomic E-state index is 3.36. The number of fused-ring (bicyclic) bond motifs is 6. The summed E-state index contributed by atoms with van der Waals surface area (Å²) in [5.74, 6) is 0. The van der Waals surface area contributed by atoms with Crippen LogP contribution in [-0.2, 0) is 5.41 Å². The van der Waals surface area contributed by atoms with Crippen molar-refractivity contribution in [1.82, 2.24) is 4.57 Å². The Morgan fingerprint density at radius 3 is 1.45 bits per heavy atom. The van der Waals surface area contributed by atoms with E-state index in [1.165, 1.54) is 72.0 Å². The predicted molar refractivity (Wildman–Crippen MR) is 282 cm³/mol. The molecule has 0 bridgehead atoms. The topological polar surface area (TPSA) is 8.17 Å². The molecular formula is C63H54N2. The van der Waals surface area contributed by atoms with Gasteiger partial charge in [0.05, 0.1) is 11.0 Å². The van der Waals surface area contributed by atoms with Crippen LogP contribution in [0.5, 0.6) is 0 Å². The molecular weight excluding hydrogens is 785 g/mol. The first kappa shape index (κ1) is 43.4. The number of aromatic nitrogens is 1. The molecule has 0 aliphatic heterocycles. The van der Waals surface area contributed by atoms with Gasteiger partial charge < -0.3 is 9.47 Å². The molecule has 1 aromatic heterocycles. The van der Waals surface area contributed by atoms with Gasteiger partial charge >= 0.3 is 0 Å². The molecule has 0 atom stereocenters. The van der Waals surface area contributed by atoms with E-state index in [0.717, 1.165) is 17.1 Å². The number of anilines is 3. The van der Waals surface area contributed by atoms with Crippen LogP contribution in [0.25, 0.3) is 60.9 Å². The molecule has 316 valence electrons. The molecule has 1 aliphatic carbocycles. The lowest BCUT2D eigenvalue weighted by Crippen LogP contribution is -2.16. The van der Waals surface area contributed by atoms with Gasteiger partial charge in [-0.05, 0) is 111 Å². The summed E-state index contributed by atoms with van der Waals surface area (Å²) >= 11 is 0. The van der Waals surface area contributed by atoms with E-state index >= 15 is 0 Å². The standard InChI is InChI=1S/C51H38N2.C6H6.C4H6.C2H4/c1-51(2)47-19-11-9-17-43(47)44-31-30-42(34-48(44)51)52(40-26-21-36(22-27-40)35-13-5-3-6-14-35)41-28-23-37(24-29-41)38-25-32-50-46(33-38)45-18-10-12-20-49(45)53(50)39-15-7-4-8-16-39;1-2-4-6-5-3-1;1-3-4-2;1-2/h3-34H,1-2H3;1-6H;3-4H,1-2H2;1-2H2. The van der Waals surface area contributed by atoms with Crippen LogP contribution in [-0.4, -0.2) is 4.57 Å². The maximum absolute atomic E-state index is 3.36. The Labute approximate surface area is 385 Å². The molecule has 9 aromatic carbocycles. The van der Waals surface area contributed by atoms with Gasteiger partial charge in [0.1, 0.15) is 0 Å². The van der Waals surface area contributed by atoms with Crippen LogP contribution in [0.2, 0.25) is 0 Å². The van der Waals surface area contributed by atoms with Crippen molar-refractivity contribution in [3.05, 3.63) is 280 Å². The molecule has 0 spiro atoms. The van der Waals surface area contributed by atoms with E-state index in [9.17, 15) is 0 Å². The summed E-state index contributed by atoms with van der Waals surface area (Å²) in [6, 6.07) is 82.8. The Balaban J connectivity index is 0.000000427. The highest BCUT2D eigenvalue weighted by Gasteiger charge is 2.35. The monoisotopic (exact) mass is 838 g/mol. The average molecular weight is 839 g/mol. The van der Waals surface area contributed by atoms with Gasteiger partial charge in [-0.3, -0.25) is 0 Å². The number of hydrogen-bond acceptors (Lipinski definition) is 1. The third-order valence-electron chi connectivity index (χ3n) is 12.0. The van der Waals surface area contributed by atoms with Crippen molar-refractivity contribution in [2.75, 3.05) is 4.90 Å². The smallest absolute Gasteiger partial charge is 0.0541 e. The molecule has 0 fully saturated rings. The summed E-state index contributed by atoms with van der Waals surface area (Å²) in [7, 11) is 0. The van der Waals surface area contributed by atoms with Crippen LogP contribution in [0, 0.1) is 0 Å². The summed E-state index contributed by atoms with van der Waals surface area (Å²) in [6.07, 6.45) is 3.28. The first-order chi connectivity index (χ1) is 32.0. The number of allylic oxidation sites excluding steroid dienone is 2. The van der Waals surface area contributed by atoms with Gasteiger partial charge in [-0.15, -0.1) is 13.2 Å². The van der Waals surface area contributed by atoms with E-state index in [-0.39, 0.29) is 5.41 Å². The number of para-hydroxylation sites is 2. The highest BCUT2D eigenvalue weighted by molar-refractivity contribution is 6.10. The molecule has 0 amide bonds. The molecule has 0 saturated carbocycles. The molecule has 1 aliphatic rings. The van der Waals surface area contributed by atoms with Crippen LogP contribution >= 0.6 is 0 Å². The molecule has 0 saturated heterocycles. The summed E-state index contributed by atoms with van der Waals surface area (Å²) < 4.78 is 2.37. The van der Waals surface area contributed by atoms with E-state index in [1.807, 2.05) is 36.4 Å². The summed E-state index contributed by atoms with van der Waals surface area (Å²) in [5, 5.41) is 2.52. The molecule has 65 heavy (non-hydrogen) atoms. The average Bonchev–Trinajstić information content (AvgIpc) is 3.84. The van der Waals surface area contributed by atoms with Gasteiger partial charge in [-0.1, -0.05) is 203 Å². The van der Waals surface area contributed by atoms with Gasteiger partial charge in [0, 0.05) is 38.9 Å². The molecule has 10 aromatic rings. The largest absolute Gasteiger partial charge is 0.310 e. The van der Waals surface area contributed by atoms with Crippen molar-refractivity contribution in [1.29, 1.82) is 0 Å². The molecule has 0 unspecified atom stereocenters. The zero-order chi connectivity index (χ0) is 45.2. The zero-order valence-electron chi connectivity index (χ0n) is 37.3. The zero-order valence-corrected chi connectivity index (χ0v) is 37.3. The van der Waals surface area contributed by atoms with Crippen LogP contribution in [0.4, 0.5) is 17.1 Å². The molecule has 2 heteroatoms. The second-order valence-electron chi connectivity index (χ2n) is 16.2. The minimum atomic E-state index is -0.0864. The van der Waals surface area contributed by atoms with Crippen LogP contribution < -0.4 is 4.90 Å². The van der Waals surface area contributed by atoms with E-state index < -0.39 is 0 Å². The van der Waals surface area contributed by atoms with Crippen molar-refractivity contribution in [2.24, 2.45) is 0 Å². The van der Waals surface area contributed by atoms with Gasteiger partial charge in [-0.2, -0.15) is 0 Å². The van der Waals surface area contributed by atoms with Crippen LogP contribution in [0.1, 0.15) is 25.0 Å². The Morgan fingerprint density at radius 1 is 0.385 bits per heavy atom. The first-order valence-corrected chi connectivity index (χ1v) is 22.1. The number of benzene rings is 9. The minimum Gasteiger partial charge on any atom is -0.310 e. The quantitative estimate of drug-likeness (QED) is 0.115. The Morgan fingerprint density at radius 2 is 0.831 bits per heavy atom. The van der Waals surface area contributed by atoms with E-state index in [4.69, 9.17) is 0 Å². The van der Waals surface area contributed by atoms with Crippen LogP contribution in [0.3, 0.4) is 0 Å². The molecule has 11 rings (SSSR count). The predicted octanol–water partition coefficient (Wildman–Crippen LogP) is 17.7. The first-order valence-electron chi connectivity index (χ1n) is 22.1. The highest BCUT2D eigenvalue weighted by Crippen LogP contribution is 2.50. The SMILES string of the molecule is C=C.C=CC=C.CC1(C)c2ccccc2-c2ccc(N(c3ccc(-c4ccccc4)cc3)c3ccc(-c4ccc5c(c4)c4ccccc4n5-c4ccccc4)cc3)cc21.c1ccccc1. The van der Waals surface area contributed by atoms with Crippen LogP contribution in [0.15, 0.2) is 269 Å². The minimum absolute atomic E-state index is 0.0864. The summed E-state index contributed by atoms with van der Waals surface area (Å²) in [6.45, 7) is 17.4. The van der Waals surface area contributed by atoms with Gasteiger partial charge in [0.15, 0.2) is 0 Å². The van der Waals surface area contributed by atoms with Crippen molar-refractivity contribution >= 4 is 38.9 Å². The third-order valence-corrected chi connectivity index (χ3v) is 12.0. The lowest BCUT2D eigenvalue weighted by Gasteiger charge is -2.28. The molecule has 2 nitrogen and oxygen atoms in total. The number of hydrogen-bond donors (Lipinski definition) is 0. The van der Waals surface area contributed by atoms with Crippen molar-refractivity contribution in [3.63, 3.8) is 0 Å². The van der Waals surface area contributed by atoms with Crippen molar-refractivity contribution < 1.29 is 0 Å². The fourth-order valence-electron chi connectivity index (χ4n) is 8.91. The number of nitrogens with zero attached hydrogens (tertiary/aromatic N) is 2. The van der Waals surface area contributed by atoms with E-state index in [2.05, 4.69) is 244 Å². The molecule has 1 heterocycles. The summed E-state index contributed by atoms with van der Waals surface area (Å²) in [5.41, 5.74) is 17.2. The van der Waals surface area contributed by atoms with E-state index in [0.29, 0.717) is 0 Å². The lowest BCUT2D eigenvalue weighted by atomic mass is 9.82.